The first-order valence-corrected chi connectivity index (χ1v) is 5.96. The molecule has 2 rings (SSSR count). The number of piperidine rings is 1. The number of anilines is 1. The molecule has 1 aliphatic heterocycles. The summed E-state index contributed by atoms with van der Waals surface area (Å²) in [6, 6.07) is 6.99. The summed E-state index contributed by atoms with van der Waals surface area (Å²) in [5, 5.41) is 3.43. The van der Waals surface area contributed by atoms with E-state index >= 15 is 0 Å². The van der Waals surface area contributed by atoms with E-state index in [2.05, 4.69) is 16.1 Å². The first-order chi connectivity index (χ1) is 8.28. The van der Waals surface area contributed by atoms with E-state index < -0.39 is 0 Å². The van der Waals surface area contributed by atoms with Crippen LogP contribution in [-0.4, -0.2) is 30.6 Å². The fourth-order valence-corrected chi connectivity index (χ4v) is 2.15. The summed E-state index contributed by atoms with van der Waals surface area (Å²) in [6.45, 7) is 2.80. The Labute approximate surface area is 102 Å². The smallest absolute Gasteiger partial charge is 0.123 e. The van der Waals surface area contributed by atoms with Crippen LogP contribution in [0.3, 0.4) is 0 Å². The molecule has 0 amide bonds. The molecule has 3 heteroatoms. The van der Waals surface area contributed by atoms with E-state index in [1.807, 2.05) is 0 Å². The third-order valence-corrected chi connectivity index (χ3v) is 3.12. The number of hydrogen-bond acceptors (Lipinski definition) is 2. The Bertz CT molecular complexity index is 386. The molecule has 0 aliphatic carbocycles. The summed E-state index contributed by atoms with van der Waals surface area (Å²) >= 11 is 0. The van der Waals surface area contributed by atoms with Crippen LogP contribution in [-0.2, 0) is 0 Å². The van der Waals surface area contributed by atoms with Crippen molar-refractivity contribution >= 4 is 5.69 Å². The van der Waals surface area contributed by atoms with Crippen molar-refractivity contribution in [3.63, 3.8) is 0 Å². The van der Waals surface area contributed by atoms with E-state index in [0.717, 1.165) is 38.2 Å². The fourth-order valence-electron chi connectivity index (χ4n) is 2.15. The quantitative estimate of drug-likeness (QED) is 0.805. The van der Waals surface area contributed by atoms with Gasteiger partial charge in [0, 0.05) is 24.8 Å². The van der Waals surface area contributed by atoms with Gasteiger partial charge in [0.1, 0.15) is 5.82 Å². The third kappa shape index (κ3) is 3.47. The molecular formula is C14H17FN2. The average molecular weight is 232 g/mol. The summed E-state index contributed by atoms with van der Waals surface area (Å²) in [5.74, 6) is 2.48. The van der Waals surface area contributed by atoms with Crippen molar-refractivity contribution in [1.29, 1.82) is 0 Å². The Morgan fingerprint density at radius 3 is 2.53 bits per heavy atom. The summed E-state index contributed by atoms with van der Waals surface area (Å²) in [7, 11) is 0. The largest absolute Gasteiger partial charge is 0.382 e. The molecule has 0 saturated carbocycles. The van der Waals surface area contributed by atoms with Crippen LogP contribution in [0.5, 0.6) is 0 Å². The number of terminal acetylenes is 1. The second kappa shape index (κ2) is 5.70. The lowest BCUT2D eigenvalue weighted by Crippen LogP contribution is -2.39. The number of halogens is 1. The second-order valence-corrected chi connectivity index (χ2v) is 4.41. The van der Waals surface area contributed by atoms with Crippen molar-refractivity contribution in [1.82, 2.24) is 4.90 Å². The van der Waals surface area contributed by atoms with Crippen LogP contribution in [0, 0.1) is 18.2 Å². The molecule has 2 nitrogen and oxygen atoms in total. The van der Waals surface area contributed by atoms with Crippen LogP contribution in [0.4, 0.5) is 10.1 Å². The minimum absolute atomic E-state index is 0.195. The highest BCUT2D eigenvalue weighted by molar-refractivity contribution is 5.43. The lowest BCUT2D eigenvalue weighted by Gasteiger charge is -2.31. The molecule has 0 unspecified atom stereocenters. The molecule has 90 valence electrons. The van der Waals surface area contributed by atoms with Crippen molar-refractivity contribution < 1.29 is 4.39 Å². The van der Waals surface area contributed by atoms with E-state index in [1.165, 1.54) is 12.1 Å². The fraction of sp³-hybridized carbons (Fsp3) is 0.429. The maximum Gasteiger partial charge on any atom is 0.123 e. The number of nitrogens with zero attached hydrogens (tertiary/aromatic N) is 1. The summed E-state index contributed by atoms with van der Waals surface area (Å²) in [4.78, 5) is 2.28. The molecule has 1 heterocycles. The van der Waals surface area contributed by atoms with E-state index in [-0.39, 0.29) is 5.82 Å². The maximum absolute atomic E-state index is 12.7. The Hall–Kier alpha value is -1.53. The number of benzene rings is 1. The normalized spacial score (nSPS) is 17.6. The standard InChI is InChI=1S/C14H17FN2/c1-2-9-17-10-7-14(8-11-17)16-13-5-3-12(15)4-6-13/h1,3-6,14,16H,7-11H2. The third-order valence-electron chi connectivity index (χ3n) is 3.12. The molecule has 17 heavy (non-hydrogen) atoms. The molecule has 1 aliphatic rings. The first kappa shape index (κ1) is 11.9. The Balaban J connectivity index is 1.82. The molecular weight excluding hydrogens is 215 g/mol. The molecule has 1 N–H and O–H groups in total. The van der Waals surface area contributed by atoms with Crippen LogP contribution in [0.15, 0.2) is 24.3 Å². The van der Waals surface area contributed by atoms with E-state index in [0.29, 0.717) is 6.04 Å². The topological polar surface area (TPSA) is 15.3 Å². The number of likely N-dealkylation sites (tertiary alicyclic amines) is 1. The SMILES string of the molecule is C#CCN1CCC(Nc2ccc(F)cc2)CC1. The van der Waals surface area contributed by atoms with Gasteiger partial charge in [0.2, 0.25) is 0 Å². The maximum atomic E-state index is 12.7. The van der Waals surface area contributed by atoms with Gasteiger partial charge in [-0.1, -0.05) is 5.92 Å². The predicted molar refractivity (Wildman–Crippen MR) is 68.3 cm³/mol. The molecule has 1 saturated heterocycles. The highest BCUT2D eigenvalue weighted by Crippen LogP contribution is 2.16. The Morgan fingerprint density at radius 1 is 1.29 bits per heavy atom. The van der Waals surface area contributed by atoms with Crippen LogP contribution >= 0.6 is 0 Å². The molecule has 0 radical (unpaired) electrons. The summed E-state index contributed by atoms with van der Waals surface area (Å²) in [5.41, 5.74) is 0.988. The number of rotatable bonds is 3. The minimum Gasteiger partial charge on any atom is -0.382 e. The van der Waals surface area contributed by atoms with Gasteiger partial charge in [-0.3, -0.25) is 4.90 Å². The lowest BCUT2D eigenvalue weighted by molar-refractivity contribution is 0.243. The predicted octanol–water partition coefficient (Wildman–Crippen LogP) is 2.34. The molecule has 0 bridgehead atoms. The van der Waals surface area contributed by atoms with Crippen molar-refractivity contribution in [3.8, 4) is 12.3 Å². The Morgan fingerprint density at radius 2 is 1.94 bits per heavy atom. The van der Waals surface area contributed by atoms with Crippen molar-refractivity contribution in [2.24, 2.45) is 0 Å². The zero-order valence-electron chi connectivity index (χ0n) is 9.82. The zero-order valence-corrected chi connectivity index (χ0v) is 9.82. The first-order valence-electron chi connectivity index (χ1n) is 5.96. The van der Waals surface area contributed by atoms with Crippen LogP contribution in [0.2, 0.25) is 0 Å². The molecule has 0 aromatic heterocycles. The van der Waals surface area contributed by atoms with Crippen LogP contribution in [0.25, 0.3) is 0 Å². The van der Waals surface area contributed by atoms with Gasteiger partial charge in [0.25, 0.3) is 0 Å². The average Bonchev–Trinajstić information content (AvgIpc) is 2.35. The second-order valence-electron chi connectivity index (χ2n) is 4.41. The molecule has 1 aromatic carbocycles. The van der Waals surface area contributed by atoms with E-state index in [1.54, 1.807) is 12.1 Å². The van der Waals surface area contributed by atoms with Gasteiger partial charge in [-0.15, -0.1) is 6.42 Å². The van der Waals surface area contributed by atoms with E-state index in [4.69, 9.17) is 6.42 Å². The van der Waals surface area contributed by atoms with E-state index in [9.17, 15) is 4.39 Å². The van der Waals surface area contributed by atoms with Gasteiger partial charge in [-0.25, -0.2) is 4.39 Å². The van der Waals surface area contributed by atoms with Gasteiger partial charge in [-0.05, 0) is 37.1 Å². The van der Waals surface area contributed by atoms with Gasteiger partial charge < -0.3 is 5.32 Å². The van der Waals surface area contributed by atoms with Gasteiger partial charge >= 0.3 is 0 Å². The van der Waals surface area contributed by atoms with Crippen LogP contribution < -0.4 is 5.32 Å². The molecule has 1 aromatic rings. The van der Waals surface area contributed by atoms with Crippen molar-refractivity contribution in [3.05, 3.63) is 30.1 Å². The summed E-state index contributed by atoms with van der Waals surface area (Å²) in [6.07, 6.45) is 7.45. The van der Waals surface area contributed by atoms with Crippen molar-refractivity contribution in [2.75, 3.05) is 25.0 Å². The van der Waals surface area contributed by atoms with Crippen molar-refractivity contribution in [2.45, 2.75) is 18.9 Å². The Kier molecular flexibility index (Phi) is 4.00. The van der Waals surface area contributed by atoms with Gasteiger partial charge in [0.15, 0.2) is 0 Å². The molecule has 1 fully saturated rings. The highest BCUT2D eigenvalue weighted by Gasteiger charge is 2.17. The summed E-state index contributed by atoms with van der Waals surface area (Å²) < 4.78 is 12.7. The zero-order chi connectivity index (χ0) is 12.1. The monoisotopic (exact) mass is 232 g/mol. The highest BCUT2D eigenvalue weighted by atomic mass is 19.1. The molecule has 0 spiro atoms. The number of nitrogens with one attached hydrogen (secondary N) is 1. The minimum atomic E-state index is -0.195. The van der Waals surface area contributed by atoms with Gasteiger partial charge in [0.05, 0.1) is 6.54 Å². The molecule has 0 atom stereocenters. The van der Waals surface area contributed by atoms with Gasteiger partial charge in [-0.2, -0.15) is 0 Å². The van der Waals surface area contributed by atoms with Crippen LogP contribution in [0.1, 0.15) is 12.8 Å². The lowest BCUT2D eigenvalue weighted by atomic mass is 10.0. The number of hydrogen-bond donors (Lipinski definition) is 1.